The van der Waals surface area contributed by atoms with E-state index >= 15 is 0 Å². The summed E-state index contributed by atoms with van der Waals surface area (Å²) in [6.07, 6.45) is 6.30. The van der Waals surface area contributed by atoms with Crippen molar-refractivity contribution in [1.29, 1.82) is 0 Å². The van der Waals surface area contributed by atoms with Crippen LogP contribution in [-0.4, -0.2) is 63.2 Å². The summed E-state index contributed by atoms with van der Waals surface area (Å²) in [6, 6.07) is 1.81. The first-order chi connectivity index (χ1) is 13.0. The van der Waals surface area contributed by atoms with Crippen molar-refractivity contribution in [3.05, 3.63) is 41.9 Å². The fourth-order valence-electron chi connectivity index (χ4n) is 2.72. The second-order valence-electron chi connectivity index (χ2n) is 6.79. The van der Waals surface area contributed by atoms with E-state index in [1.807, 2.05) is 26.8 Å². The van der Waals surface area contributed by atoms with Gasteiger partial charge < -0.3 is 19.4 Å². The van der Waals surface area contributed by atoms with E-state index in [0.29, 0.717) is 32.2 Å². The Morgan fingerprint density at radius 2 is 2.33 bits per heavy atom. The lowest BCUT2D eigenvalue weighted by atomic mass is 10.2. The highest BCUT2D eigenvalue weighted by Gasteiger charge is 2.24. The Morgan fingerprint density at radius 1 is 1.48 bits per heavy atom. The predicted octanol–water partition coefficient (Wildman–Crippen LogP) is 1.95. The van der Waals surface area contributed by atoms with Gasteiger partial charge in [-0.25, -0.2) is 9.97 Å². The van der Waals surface area contributed by atoms with Crippen molar-refractivity contribution in [2.45, 2.75) is 32.8 Å². The van der Waals surface area contributed by atoms with Crippen molar-refractivity contribution in [2.24, 2.45) is 0 Å². The summed E-state index contributed by atoms with van der Waals surface area (Å²) in [7, 11) is 0. The number of carbonyl (C=O) groups is 1. The molecule has 144 valence electrons. The van der Waals surface area contributed by atoms with Gasteiger partial charge in [0.2, 0.25) is 11.8 Å². The Hall–Kier alpha value is -2.74. The van der Waals surface area contributed by atoms with Gasteiger partial charge in [-0.1, -0.05) is 13.8 Å². The third kappa shape index (κ3) is 5.37. The van der Waals surface area contributed by atoms with Crippen LogP contribution >= 0.6 is 0 Å². The maximum absolute atomic E-state index is 12.4. The SMILES string of the molecule is Cc1cc(OCC2CN(C(=O)/C=C/c3cnc[nH]3)CCO2)nc(C(C)C)n1. The Morgan fingerprint density at radius 3 is 3.07 bits per heavy atom. The average Bonchev–Trinajstić information content (AvgIpc) is 3.18. The van der Waals surface area contributed by atoms with E-state index in [1.54, 1.807) is 29.6 Å². The van der Waals surface area contributed by atoms with Crippen molar-refractivity contribution in [3.63, 3.8) is 0 Å². The smallest absolute Gasteiger partial charge is 0.246 e. The number of rotatable bonds is 6. The van der Waals surface area contributed by atoms with E-state index in [2.05, 4.69) is 19.9 Å². The lowest BCUT2D eigenvalue weighted by Crippen LogP contribution is -2.47. The summed E-state index contributed by atoms with van der Waals surface area (Å²) >= 11 is 0. The highest BCUT2D eigenvalue weighted by molar-refractivity contribution is 5.91. The Bertz CT molecular complexity index is 789. The number of morpholine rings is 1. The second kappa shape index (κ2) is 8.77. The number of hydrogen-bond acceptors (Lipinski definition) is 6. The molecule has 1 N–H and O–H groups in total. The highest BCUT2D eigenvalue weighted by Crippen LogP contribution is 2.16. The molecule has 0 radical (unpaired) electrons. The average molecular weight is 371 g/mol. The monoisotopic (exact) mass is 371 g/mol. The molecule has 8 nitrogen and oxygen atoms in total. The fourth-order valence-corrected chi connectivity index (χ4v) is 2.72. The predicted molar refractivity (Wildman–Crippen MR) is 100 cm³/mol. The molecule has 3 rings (SSSR count). The van der Waals surface area contributed by atoms with E-state index in [4.69, 9.17) is 9.47 Å². The molecule has 0 bridgehead atoms. The zero-order chi connectivity index (χ0) is 19.2. The molecule has 27 heavy (non-hydrogen) atoms. The van der Waals surface area contributed by atoms with Gasteiger partial charge in [-0.2, -0.15) is 4.98 Å². The topological polar surface area (TPSA) is 93.2 Å². The Balaban J connectivity index is 1.55. The van der Waals surface area contributed by atoms with Crippen LogP contribution in [-0.2, 0) is 9.53 Å². The van der Waals surface area contributed by atoms with E-state index in [1.165, 1.54) is 0 Å². The van der Waals surface area contributed by atoms with Crippen LogP contribution < -0.4 is 4.74 Å². The fraction of sp³-hybridized carbons (Fsp3) is 0.474. The molecule has 3 heterocycles. The summed E-state index contributed by atoms with van der Waals surface area (Å²) in [5.41, 5.74) is 1.66. The normalized spacial score (nSPS) is 17.6. The van der Waals surface area contributed by atoms with Crippen molar-refractivity contribution < 1.29 is 14.3 Å². The van der Waals surface area contributed by atoms with Crippen LogP contribution in [0.2, 0.25) is 0 Å². The third-order valence-electron chi connectivity index (χ3n) is 4.16. The minimum absolute atomic E-state index is 0.0575. The molecular formula is C19H25N5O3. The molecule has 1 unspecified atom stereocenters. The summed E-state index contributed by atoms with van der Waals surface area (Å²) in [5.74, 6) is 1.47. The molecule has 0 saturated carbocycles. The van der Waals surface area contributed by atoms with E-state index < -0.39 is 0 Å². The number of ether oxygens (including phenoxy) is 2. The van der Waals surface area contributed by atoms with Crippen LogP contribution in [0.4, 0.5) is 0 Å². The number of nitrogens with one attached hydrogen (secondary N) is 1. The second-order valence-corrected chi connectivity index (χ2v) is 6.79. The minimum atomic E-state index is -0.193. The minimum Gasteiger partial charge on any atom is -0.475 e. The molecule has 1 atom stereocenters. The van der Waals surface area contributed by atoms with E-state index in [9.17, 15) is 4.79 Å². The maximum atomic E-state index is 12.4. The standard InChI is InChI=1S/C19H25N5O3/c1-13(2)19-22-14(3)8-17(23-19)27-11-16-10-24(6-7-26-16)18(25)5-4-15-9-20-12-21-15/h4-5,8-9,12-13,16H,6-7,10-11H2,1-3H3,(H,20,21)/b5-4+. The van der Waals surface area contributed by atoms with Gasteiger partial charge in [0, 0.05) is 30.3 Å². The van der Waals surface area contributed by atoms with Crippen LogP contribution in [0.15, 0.2) is 24.7 Å². The van der Waals surface area contributed by atoms with Gasteiger partial charge in [0.05, 0.1) is 31.4 Å². The Kier molecular flexibility index (Phi) is 6.18. The van der Waals surface area contributed by atoms with Crippen molar-refractivity contribution in [2.75, 3.05) is 26.3 Å². The first-order valence-corrected chi connectivity index (χ1v) is 9.06. The molecule has 0 aromatic carbocycles. The van der Waals surface area contributed by atoms with Crippen LogP contribution in [0.1, 0.15) is 37.0 Å². The van der Waals surface area contributed by atoms with Gasteiger partial charge >= 0.3 is 0 Å². The molecule has 1 fully saturated rings. The zero-order valence-corrected chi connectivity index (χ0v) is 15.9. The van der Waals surface area contributed by atoms with Gasteiger partial charge in [-0.05, 0) is 13.0 Å². The molecular weight excluding hydrogens is 346 g/mol. The zero-order valence-electron chi connectivity index (χ0n) is 15.9. The number of aromatic amines is 1. The third-order valence-corrected chi connectivity index (χ3v) is 4.16. The summed E-state index contributed by atoms with van der Waals surface area (Å²) in [6.45, 7) is 7.87. The van der Waals surface area contributed by atoms with Gasteiger partial charge in [0.15, 0.2) is 0 Å². The quantitative estimate of drug-likeness (QED) is 0.780. The maximum Gasteiger partial charge on any atom is 0.246 e. The van der Waals surface area contributed by atoms with Crippen molar-refractivity contribution in [1.82, 2.24) is 24.8 Å². The van der Waals surface area contributed by atoms with E-state index in [0.717, 1.165) is 17.2 Å². The van der Waals surface area contributed by atoms with Gasteiger partial charge in [-0.3, -0.25) is 4.79 Å². The molecule has 0 aliphatic carbocycles. The molecule has 1 saturated heterocycles. The Labute approximate surface area is 158 Å². The summed E-state index contributed by atoms with van der Waals surface area (Å²) in [4.78, 5) is 29.8. The van der Waals surface area contributed by atoms with Gasteiger partial charge in [-0.15, -0.1) is 0 Å². The number of amides is 1. The number of nitrogens with zero attached hydrogens (tertiary/aromatic N) is 4. The number of imidazole rings is 1. The summed E-state index contributed by atoms with van der Waals surface area (Å²) in [5, 5.41) is 0. The number of aromatic nitrogens is 4. The van der Waals surface area contributed by atoms with Crippen molar-refractivity contribution >= 4 is 12.0 Å². The first-order valence-electron chi connectivity index (χ1n) is 9.06. The van der Waals surface area contributed by atoms with Gasteiger partial charge in [0.1, 0.15) is 18.5 Å². The lowest BCUT2D eigenvalue weighted by Gasteiger charge is -2.32. The number of hydrogen-bond donors (Lipinski definition) is 1. The molecule has 1 aliphatic rings. The van der Waals surface area contributed by atoms with Gasteiger partial charge in [0.25, 0.3) is 0 Å². The number of aryl methyl sites for hydroxylation is 1. The lowest BCUT2D eigenvalue weighted by molar-refractivity contribution is -0.134. The van der Waals surface area contributed by atoms with Crippen LogP contribution in [0.25, 0.3) is 6.08 Å². The summed E-state index contributed by atoms with van der Waals surface area (Å²) < 4.78 is 11.6. The first kappa shape index (κ1) is 19.0. The van der Waals surface area contributed by atoms with Crippen LogP contribution in [0.3, 0.4) is 0 Å². The molecule has 8 heteroatoms. The largest absolute Gasteiger partial charge is 0.475 e. The molecule has 2 aromatic heterocycles. The number of carbonyl (C=O) groups excluding carboxylic acids is 1. The number of H-pyrrole nitrogens is 1. The highest BCUT2D eigenvalue weighted by atomic mass is 16.5. The molecule has 1 amide bonds. The molecule has 1 aliphatic heterocycles. The van der Waals surface area contributed by atoms with Crippen molar-refractivity contribution in [3.8, 4) is 5.88 Å². The van der Waals surface area contributed by atoms with Crippen LogP contribution in [0.5, 0.6) is 5.88 Å². The molecule has 2 aromatic rings. The van der Waals surface area contributed by atoms with Crippen LogP contribution in [0, 0.1) is 6.92 Å². The molecule has 0 spiro atoms. The van der Waals surface area contributed by atoms with E-state index in [-0.39, 0.29) is 17.9 Å².